The Hall–Kier alpha value is -1.84. The normalized spacial score (nSPS) is 12.1. The fourth-order valence-corrected chi connectivity index (χ4v) is 1.32. The van der Waals surface area contributed by atoms with Gasteiger partial charge in [0.05, 0.1) is 0 Å². The molecule has 0 aliphatic rings. The topological polar surface area (TPSA) is 80.4 Å². The van der Waals surface area contributed by atoms with Gasteiger partial charge in [-0.3, -0.25) is 9.59 Å². The largest absolute Gasteiger partial charge is 0.481 e. The molecule has 0 amide bonds. The zero-order valence-electron chi connectivity index (χ0n) is 8.43. The molecule has 1 atom stereocenters. The van der Waals surface area contributed by atoms with Crippen LogP contribution in [0.5, 0.6) is 0 Å². The molecule has 4 nitrogen and oxygen atoms in total. The highest BCUT2D eigenvalue weighted by molar-refractivity contribution is 6.08. The third-order valence-electron chi connectivity index (χ3n) is 2.22. The summed E-state index contributed by atoms with van der Waals surface area (Å²) in [5.41, 5.74) is 6.41. The standard InChI is InChI=1S/C11H13NO3/c1-2-9(11(14)15)10(13)7-3-5-8(12)6-4-7/h3-6,9H,2,12H2,1H3,(H,14,15). The van der Waals surface area contributed by atoms with Crippen LogP contribution in [0.3, 0.4) is 0 Å². The van der Waals surface area contributed by atoms with Crippen LogP contribution in [-0.4, -0.2) is 16.9 Å². The third kappa shape index (κ3) is 2.56. The predicted octanol–water partition coefficient (Wildman–Crippen LogP) is 1.56. The summed E-state index contributed by atoms with van der Waals surface area (Å²) < 4.78 is 0. The number of hydrogen-bond donors (Lipinski definition) is 2. The molecular formula is C11H13NO3. The van der Waals surface area contributed by atoms with E-state index in [0.717, 1.165) is 0 Å². The van der Waals surface area contributed by atoms with Crippen LogP contribution >= 0.6 is 0 Å². The summed E-state index contributed by atoms with van der Waals surface area (Å²) in [6.07, 6.45) is 0.290. The predicted molar refractivity (Wildman–Crippen MR) is 56.6 cm³/mol. The van der Waals surface area contributed by atoms with E-state index in [0.29, 0.717) is 17.7 Å². The molecular weight excluding hydrogens is 194 g/mol. The molecule has 0 aliphatic carbocycles. The fraction of sp³-hybridized carbons (Fsp3) is 0.273. The zero-order chi connectivity index (χ0) is 11.4. The first-order valence-electron chi connectivity index (χ1n) is 4.68. The second-order valence-electron chi connectivity index (χ2n) is 3.29. The first-order chi connectivity index (χ1) is 7.06. The number of anilines is 1. The van der Waals surface area contributed by atoms with Gasteiger partial charge in [-0.15, -0.1) is 0 Å². The molecule has 0 saturated carbocycles. The van der Waals surface area contributed by atoms with E-state index in [-0.39, 0.29) is 5.78 Å². The lowest BCUT2D eigenvalue weighted by Gasteiger charge is -2.08. The van der Waals surface area contributed by atoms with E-state index in [1.165, 1.54) is 0 Å². The number of carboxylic acid groups (broad SMARTS) is 1. The van der Waals surface area contributed by atoms with Crippen molar-refractivity contribution in [3.8, 4) is 0 Å². The Morgan fingerprint density at radius 3 is 2.27 bits per heavy atom. The Morgan fingerprint density at radius 1 is 1.33 bits per heavy atom. The van der Waals surface area contributed by atoms with Crippen molar-refractivity contribution in [2.24, 2.45) is 5.92 Å². The number of hydrogen-bond acceptors (Lipinski definition) is 3. The summed E-state index contributed by atoms with van der Waals surface area (Å²) in [4.78, 5) is 22.5. The van der Waals surface area contributed by atoms with E-state index in [1.54, 1.807) is 31.2 Å². The number of carbonyl (C=O) groups is 2. The van der Waals surface area contributed by atoms with Gasteiger partial charge in [-0.05, 0) is 30.7 Å². The Kier molecular flexibility index (Phi) is 3.44. The summed E-state index contributed by atoms with van der Waals surface area (Å²) in [6, 6.07) is 6.26. The first kappa shape index (κ1) is 11.2. The lowest BCUT2D eigenvalue weighted by atomic mass is 9.95. The van der Waals surface area contributed by atoms with Gasteiger partial charge in [0.25, 0.3) is 0 Å². The van der Waals surface area contributed by atoms with Crippen molar-refractivity contribution in [2.75, 3.05) is 5.73 Å². The second kappa shape index (κ2) is 4.59. The molecule has 1 rings (SSSR count). The van der Waals surface area contributed by atoms with Gasteiger partial charge in [0.1, 0.15) is 5.92 Å². The first-order valence-corrected chi connectivity index (χ1v) is 4.68. The highest BCUT2D eigenvalue weighted by atomic mass is 16.4. The van der Waals surface area contributed by atoms with Gasteiger partial charge < -0.3 is 10.8 Å². The van der Waals surface area contributed by atoms with Crippen LogP contribution in [0.2, 0.25) is 0 Å². The lowest BCUT2D eigenvalue weighted by molar-refractivity contribution is -0.140. The Labute approximate surface area is 87.7 Å². The van der Waals surface area contributed by atoms with Crippen LogP contribution < -0.4 is 5.73 Å². The smallest absolute Gasteiger partial charge is 0.314 e. The molecule has 3 N–H and O–H groups in total. The Balaban J connectivity index is 2.93. The molecule has 0 aromatic heterocycles. The quantitative estimate of drug-likeness (QED) is 0.446. The minimum Gasteiger partial charge on any atom is -0.481 e. The number of ketones is 1. The van der Waals surface area contributed by atoms with Gasteiger partial charge in [-0.1, -0.05) is 6.92 Å². The van der Waals surface area contributed by atoms with Crippen LogP contribution in [-0.2, 0) is 4.79 Å². The minimum absolute atomic E-state index is 0.290. The maximum absolute atomic E-state index is 11.7. The van der Waals surface area contributed by atoms with Gasteiger partial charge >= 0.3 is 5.97 Å². The van der Waals surface area contributed by atoms with Gasteiger partial charge in [0, 0.05) is 11.3 Å². The molecule has 80 valence electrons. The number of Topliss-reactive ketones (excluding diaryl/α,β-unsaturated/α-hetero) is 1. The second-order valence-corrected chi connectivity index (χ2v) is 3.29. The number of aliphatic carboxylic acids is 1. The van der Waals surface area contributed by atoms with E-state index in [1.807, 2.05) is 0 Å². The van der Waals surface area contributed by atoms with E-state index in [4.69, 9.17) is 10.8 Å². The number of rotatable bonds is 4. The zero-order valence-corrected chi connectivity index (χ0v) is 8.43. The molecule has 1 unspecified atom stereocenters. The van der Waals surface area contributed by atoms with Crippen molar-refractivity contribution in [2.45, 2.75) is 13.3 Å². The van der Waals surface area contributed by atoms with E-state index >= 15 is 0 Å². The number of carboxylic acids is 1. The molecule has 4 heteroatoms. The van der Waals surface area contributed by atoms with Crippen molar-refractivity contribution in [3.05, 3.63) is 29.8 Å². The highest BCUT2D eigenvalue weighted by Crippen LogP contribution is 2.14. The van der Waals surface area contributed by atoms with Crippen molar-refractivity contribution in [3.63, 3.8) is 0 Å². The van der Waals surface area contributed by atoms with Gasteiger partial charge in [0.2, 0.25) is 0 Å². The summed E-state index contributed by atoms with van der Waals surface area (Å²) >= 11 is 0. The molecule has 1 aromatic rings. The van der Waals surface area contributed by atoms with E-state index in [9.17, 15) is 9.59 Å². The molecule has 0 saturated heterocycles. The monoisotopic (exact) mass is 207 g/mol. The number of benzene rings is 1. The van der Waals surface area contributed by atoms with Crippen LogP contribution in [0, 0.1) is 5.92 Å². The maximum Gasteiger partial charge on any atom is 0.314 e. The van der Waals surface area contributed by atoms with Crippen LogP contribution in [0.25, 0.3) is 0 Å². The third-order valence-corrected chi connectivity index (χ3v) is 2.22. The highest BCUT2D eigenvalue weighted by Gasteiger charge is 2.24. The Morgan fingerprint density at radius 2 is 1.87 bits per heavy atom. The average molecular weight is 207 g/mol. The van der Waals surface area contributed by atoms with Crippen molar-refractivity contribution < 1.29 is 14.7 Å². The number of nitrogens with two attached hydrogens (primary N) is 1. The van der Waals surface area contributed by atoms with E-state index in [2.05, 4.69) is 0 Å². The maximum atomic E-state index is 11.7. The lowest BCUT2D eigenvalue weighted by Crippen LogP contribution is -2.23. The summed E-state index contributed by atoms with van der Waals surface area (Å²) in [5, 5.41) is 8.81. The summed E-state index contributed by atoms with van der Waals surface area (Å²) in [7, 11) is 0. The summed E-state index contributed by atoms with van der Waals surface area (Å²) in [6.45, 7) is 1.67. The van der Waals surface area contributed by atoms with Crippen LogP contribution in [0.15, 0.2) is 24.3 Å². The average Bonchev–Trinajstić information content (AvgIpc) is 2.19. The molecule has 0 aliphatic heterocycles. The molecule has 15 heavy (non-hydrogen) atoms. The van der Waals surface area contributed by atoms with Crippen LogP contribution in [0.4, 0.5) is 5.69 Å². The van der Waals surface area contributed by atoms with Gasteiger partial charge in [-0.25, -0.2) is 0 Å². The molecule has 0 fully saturated rings. The van der Waals surface area contributed by atoms with Crippen molar-refractivity contribution in [1.29, 1.82) is 0 Å². The van der Waals surface area contributed by atoms with Crippen LogP contribution in [0.1, 0.15) is 23.7 Å². The number of nitrogen functional groups attached to an aromatic ring is 1. The fourth-order valence-electron chi connectivity index (χ4n) is 1.32. The molecule has 0 bridgehead atoms. The van der Waals surface area contributed by atoms with E-state index < -0.39 is 11.9 Å². The number of carbonyl (C=O) groups excluding carboxylic acids is 1. The van der Waals surface area contributed by atoms with Gasteiger partial charge in [0.15, 0.2) is 5.78 Å². The Bertz CT molecular complexity index is 370. The minimum atomic E-state index is -1.08. The summed E-state index contributed by atoms with van der Waals surface area (Å²) in [5.74, 6) is -2.42. The SMILES string of the molecule is CCC(C(=O)O)C(=O)c1ccc(N)cc1. The van der Waals surface area contributed by atoms with Crippen molar-refractivity contribution in [1.82, 2.24) is 0 Å². The molecule has 1 aromatic carbocycles. The van der Waals surface area contributed by atoms with Gasteiger partial charge in [-0.2, -0.15) is 0 Å². The molecule has 0 radical (unpaired) electrons. The van der Waals surface area contributed by atoms with Crippen molar-refractivity contribution >= 4 is 17.4 Å². The molecule has 0 spiro atoms. The molecule has 0 heterocycles.